The molecule has 4 rings (SSSR count). The average molecular weight is 444 g/mol. The van der Waals surface area contributed by atoms with Crippen molar-refractivity contribution in [1.82, 2.24) is 19.2 Å². The number of carbonyl (C=O) groups excluding carboxylic acids is 1. The number of likely N-dealkylation sites (N-methyl/N-ethyl adjacent to an activating group) is 1. The average Bonchev–Trinajstić information content (AvgIpc) is 2.98. The maximum Gasteiger partial charge on any atom is 0.258 e. The second-order valence-electron chi connectivity index (χ2n) is 7.45. The fourth-order valence-corrected chi connectivity index (χ4v) is 4.97. The van der Waals surface area contributed by atoms with Crippen molar-refractivity contribution in [3.8, 4) is 0 Å². The molecule has 1 fully saturated rings. The molecule has 1 saturated heterocycles. The van der Waals surface area contributed by atoms with Gasteiger partial charge in [0, 0.05) is 37.4 Å². The van der Waals surface area contributed by atoms with Gasteiger partial charge in [0.15, 0.2) is 0 Å². The molecule has 1 N–H and O–H groups in total. The summed E-state index contributed by atoms with van der Waals surface area (Å²) >= 11 is 0. The van der Waals surface area contributed by atoms with Crippen LogP contribution in [0.5, 0.6) is 0 Å². The van der Waals surface area contributed by atoms with Gasteiger partial charge in [-0.15, -0.1) is 0 Å². The molecule has 31 heavy (non-hydrogen) atoms. The number of fused-ring (bicyclic) bond motifs is 1. The van der Waals surface area contributed by atoms with Crippen LogP contribution < -0.4 is 5.32 Å². The lowest BCUT2D eigenvalue weighted by atomic mass is 10.1. The van der Waals surface area contributed by atoms with Crippen LogP contribution in [0, 0.1) is 5.82 Å². The summed E-state index contributed by atoms with van der Waals surface area (Å²) in [6.07, 6.45) is 4.86. The highest BCUT2D eigenvalue weighted by molar-refractivity contribution is 7.89. The standard InChI is InChI=1S/C21H22FN5O3S/c1-26-6-3-7-27(9-8-26)31(29,30)17-11-16(13-23-14-17)25-21(28)18-12-20-15(10-19(18)22)4-2-5-24-20/h2,4-5,10-14H,3,6-9H2,1H3,(H,25,28). The number of benzene rings is 1. The molecule has 2 aromatic heterocycles. The highest BCUT2D eigenvalue weighted by atomic mass is 32.2. The normalized spacial score (nSPS) is 16.2. The molecule has 162 valence electrons. The number of hydrogen-bond donors (Lipinski definition) is 1. The highest BCUT2D eigenvalue weighted by Gasteiger charge is 2.27. The van der Waals surface area contributed by atoms with Crippen molar-refractivity contribution in [2.24, 2.45) is 0 Å². The van der Waals surface area contributed by atoms with Crippen LogP contribution in [0.3, 0.4) is 0 Å². The van der Waals surface area contributed by atoms with Crippen molar-refractivity contribution in [3.05, 3.63) is 60.3 Å². The van der Waals surface area contributed by atoms with Gasteiger partial charge in [0.2, 0.25) is 10.0 Å². The molecular weight excluding hydrogens is 421 g/mol. The number of anilines is 1. The van der Waals surface area contributed by atoms with Crippen LogP contribution in [-0.2, 0) is 10.0 Å². The third-order valence-electron chi connectivity index (χ3n) is 5.22. The highest BCUT2D eigenvalue weighted by Crippen LogP contribution is 2.22. The SMILES string of the molecule is CN1CCCN(S(=O)(=O)c2cncc(NC(=O)c3cc4ncccc4cc3F)c2)CC1. The van der Waals surface area contributed by atoms with Crippen molar-refractivity contribution in [1.29, 1.82) is 0 Å². The second-order valence-corrected chi connectivity index (χ2v) is 9.39. The molecule has 1 aliphatic rings. The Kier molecular flexibility index (Phi) is 5.94. The zero-order chi connectivity index (χ0) is 22.0. The first-order valence-electron chi connectivity index (χ1n) is 9.84. The lowest BCUT2D eigenvalue weighted by Gasteiger charge is -2.20. The molecule has 0 bridgehead atoms. The Balaban J connectivity index is 1.57. The number of carbonyl (C=O) groups is 1. The Bertz CT molecular complexity index is 1230. The van der Waals surface area contributed by atoms with E-state index in [0.29, 0.717) is 30.5 Å². The summed E-state index contributed by atoms with van der Waals surface area (Å²) in [6, 6.07) is 7.33. The van der Waals surface area contributed by atoms with E-state index in [1.807, 2.05) is 7.05 Å². The molecular formula is C21H22FN5O3S. The van der Waals surface area contributed by atoms with Gasteiger partial charge < -0.3 is 10.2 Å². The minimum atomic E-state index is -3.76. The lowest BCUT2D eigenvalue weighted by Crippen LogP contribution is -2.34. The minimum Gasteiger partial charge on any atom is -0.320 e. The first-order valence-corrected chi connectivity index (χ1v) is 11.3. The van der Waals surface area contributed by atoms with Gasteiger partial charge in [-0.1, -0.05) is 6.07 Å². The fraction of sp³-hybridized carbons (Fsp3) is 0.286. The van der Waals surface area contributed by atoms with Crippen LogP contribution in [-0.4, -0.2) is 66.7 Å². The van der Waals surface area contributed by atoms with Crippen LogP contribution in [0.1, 0.15) is 16.8 Å². The molecule has 0 spiro atoms. The summed E-state index contributed by atoms with van der Waals surface area (Å²) < 4.78 is 42.0. The van der Waals surface area contributed by atoms with Gasteiger partial charge in [-0.05, 0) is 44.3 Å². The molecule has 1 amide bonds. The van der Waals surface area contributed by atoms with E-state index in [0.717, 1.165) is 13.0 Å². The largest absolute Gasteiger partial charge is 0.320 e. The van der Waals surface area contributed by atoms with Gasteiger partial charge in [-0.2, -0.15) is 4.31 Å². The Hall–Kier alpha value is -2.95. The summed E-state index contributed by atoms with van der Waals surface area (Å²) in [5.74, 6) is -1.40. The third-order valence-corrected chi connectivity index (χ3v) is 7.09. The number of halogens is 1. The summed E-state index contributed by atoms with van der Waals surface area (Å²) in [7, 11) is -1.81. The van der Waals surface area contributed by atoms with Gasteiger partial charge >= 0.3 is 0 Å². The predicted octanol–water partition coefficient (Wildman–Crippen LogP) is 2.35. The molecule has 3 heterocycles. The molecule has 0 saturated carbocycles. The number of hydrogen-bond acceptors (Lipinski definition) is 6. The number of aromatic nitrogens is 2. The molecule has 0 atom stereocenters. The van der Waals surface area contributed by atoms with Crippen LogP contribution in [0.15, 0.2) is 53.8 Å². The molecule has 0 unspecified atom stereocenters. The maximum atomic E-state index is 14.4. The molecule has 3 aromatic rings. The minimum absolute atomic E-state index is 0.0181. The molecule has 0 aliphatic carbocycles. The number of pyridine rings is 2. The van der Waals surface area contributed by atoms with E-state index in [2.05, 4.69) is 20.2 Å². The van der Waals surface area contributed by atoms with Gasteiger partial charge in [0.1, 0.15) is 10.7 Å². The van der Waals surface area contributed by atoms with Crippen LogP contribution in [0.25, 0.3) is 10.9 Å². The Labute approximate surface area is 179 Å². The van der Waals surface area contributed by atoms with Gasteiger partial charge in [0.25, 0.3) is 5.91 Å². The van der Waals surface area contributed by atoms with Crippen molar-refractivity contribution < 1.29 is 17.6 Å². The summed E-state index contributed by atoms with van der Waals surface area (Å²) in [5, 5.41) is 3.12. The number of nitrogens with one attached hydrogen (secondary N) is 1. The van der Waals surface area contributed by atoms with Gasteiger partial charge in [-0.25, -0.2) is 12.8 Å². The monoisotopic (exact) mass is 443 g/mol. The number of rotatable bonds is 4. The van der Waals surface area contributed by atoms with Crippen molar-refractivity contribution in [3.63, 3.8) is 0 Å². The van der Waals surface area contributed by atoms with Gasteiger partial charge in [-0.3, -0.25) is 14.8 Å². The summed E-state index contributed by atoms with van der Waals surface area (Å²) in [4.78, 5) is 22.8. The second kappa shape index (κ2) is 8.66. The number of nitrogens with zero attached hydrogens (tertiary/aromatic N) is 4. The lowest BCUT2D eigenvalue weighted by molar-refractivity contribution is 0.102. The van der Waals surface area contributed by atoms with Crippen LogP contribution in [0.4, 0.5) is 10.1 Å². The molecule has 1 aromatic carbocycles. The Morgan fingerprint density at radius 3 is 2.81 bits per heavy atom. The predicted molar refractivity (Wildman–Crippen MR) is 115 cm³/mol. The molecule has 10 heteroatoms. The third kappa shape index (κ3) is 4.55. The Morgan fingerprint density at radius 2 is 1.97 bits per heavy atom. The van der Waals surface area contributed by atoms with Crippen LogP contribution >= 0.6 is 0 Å². The van der Waals surface area contributed by atoms with E-state index < -0.39 is 21.7 Å². The Morgan fingerprint density at radius 1 is 1.13 bits per heavy atom. The quantitative estimate of drug-likeness (QED) is 0.665. The van der Waals surface area contributed by atoms with Crippen molar-refractivity contribution in [2.45, 2.75) is 11.3 Å². The first-order chi connectivity index (χ1) is 14.8. The zero-order valence-electron chi connectivity index (χ0n) is 17.0. The molecule has 1 aliphatic heterocycles. The van der Waals surface area contributed by atoms with Crippen LogP contribution in [0.2, 0.25) is 0 Å². The topological polar surface area (TPSA) is 95.5 Å². The maximum absolute atomic E-state index is 14.4. The van der Waals surface area contributed by atoms with Crippen molar-refractivity contribution in [2.75, 3.05) is 38.5 Å². The van der Waals surface area contributed by atoms with E-state index in [1.54, 1.807) is 18.3 Å². The van der Waals surface area contributed by atoms with E-state index in [-0.39, 0.29) is 16.1 Å². The van der Waals surface area contributed by atoms with E-state index in [9.17, 15) is 17.6 Å². The summed E-state index contributed by atoms with van der Waals surface area (Å²) in [6.45, 7) is 2.26. The smallest absolute Gasteiger partial charge is 0.258 e. The van der Waals surface area contributed by atoms with Crippen molar-refractivity contribution >= 4 is 32.5 Å². The van der Waals surface area contributed by atoms with Gasteiger partial charge in [0.05, 0.1) is 23.0 Å². The first kappa shape index (κ1) is 21.3. The van der Waals surface area contributed by atoms with E-state index in [4.69, 9.17) is 0 Å². The van der Waals surface area contributed by atoms with E-state index in [1.165, 1.54) is 34.9 Å². The summed E-state index contributed by atoms with van der Waals surface area (Å²) in [5.41, 5.74) is 0.461. The van der Waals surface area contributed by atoms with E-state index >= 15 is 0 Å². The zero-order valence-corrected chi connectivity index (χ0v) is 17.8. The molecule has 0 radical (unpaired) electrons. The number of amides is 1. The number of sulfonamides is 1. The fourth-order valence-electron chi connectivity index (χ4n) is 3.51. The molecule has 8 nitrogen and oxygen atoms in total.